The van der Waals surface area contributed by atoms with Gasteiger partial charge in [0.25, 0.3) is 0 Å². The fourth-order valence-electron chi connectivity index (χ4n) is 3.39. The normalized spacial score (nSPS) is 22.2. The van der Waals surface area contributed by atoms with Gasteiger partial charge in [-0.2, -0.15) is 0 Å². The monoisotopic (exact) mass is 332 g/mol. The number of hydrogen-bond acceptors (Lipinski definition) is 3. The van der Waals surface area contributed by atoms with Crippen molar-refractivity contribution in [2.24, 2.45) is 11.8 Å². The van der Waals surface area contributed by atoms with Crippen LogP contribution in [0, 0.1) is 11.8 Å². The van der Waals surface area contributed by atoms with Gasteiger partial charge in [-0.1, -0.05) is 19.4 Å². The highest BCUT2D eigenvalue weighted by Crippen LogP contribution is 2.38. The van der Waals surface area contributed by atoms with Gasteiger partial charge in [0.15, 0.2) is 0 Å². The third-order valence-electron chi connectivity index (χ3n) is 4.54. The van der Waals surface area contributed by atoms with Gasteiger partial charge >= 0.3 is 5.97 Å². The summed E-state index contributed by atoms with van der Waals surface area (Å²) in [6, 6.07) is 0. The van der Waals surface area contributed by atoms with Crippen LogP contribution in [-0.4, -0.2) is 11.6 Å². The van der Waals surface area contributed by atoms with Crippen LogP contribution in [-0.2, 0) is 14.3 Å². The smallest absolute Gasteiger partial charge is 0.331 e. The molecule has 0 amide bonds. The number of carbonyl (C=O) groups is 1. The van der Waals surface area contributed by atoms with Crippen LogP contribution < -0.4 is 0 Å². The number of hydrogen-bond donors (Lipinski definition) is 0. The highest BCUT2D eigenvalue weighted by atomic mass is 16.6. The molecular weight excluding hydrogens is 300 g/mol. The van der Waals surface area contributed by atoms with Crippen LogP contribution in [0.4, 0.5) is 0 Å². The highest BCUT2D eigenvalue weighted by Gasteiger charge is 2.26. The molecule has 1 aliphatic heterocycles. The Balaban J connectivity index is 1.91. The van der Waals surface area contributed by atoms with Gasteiger partial charge in [0.05, 0.1) is 0 Å². The number of allylic oxidation sites excluding steroid dienone is 5. The van der Waals surface area contributed by atoms with Crippen LogP contribution in [0.5, 0.6) is 0 Å². The van der Waals surface area contributed by atoms with Crippen molar-refractivity contribution in [1.82, 2.24) is 0 Å². The maximum atomic E-state index is 11.9. The first-order valence-electron chi connectivity index (χ1n) is 9.15. The van der Waals surface area contributed by atoms with Gasteiger partial charge in [0.2, 0.25) is 0 Å². The molecular formula is C21H32O3. The molecule has 0 atom stereocenters. The van der Waals surface area contributed by atoms with E-state index in [0.29, 0.717) is 11.8 Å². The van der Waals surface area contributed by atoms with Crippen LogP contribution in [0.1, 0.15) is 73.6 Å². The Labute approximate surface area is 146 Å². The molecule has 0 spiro atoms. The first kappa shape index (κ1) is 18.8. The molecule has 0 aromatic carbocycles. The van der Waals surface area contributed by atoms with Gasteiger partial charge in [-0.3, -0.25) is 0 Å². The van der Waals surface area contributed by atoms with E-state index in [2.05, 4.69) is 26.8 Å². The summed E-state index contributed by atoms with van der Waals surface area (Å²) in [6.07, 6.45) is 8.93. The standard InChI is InChI=1S/C21H32O3/c1-14(2)20-15(3)7-12-18(23-20)17-10-8-16(9-11-17)13-19(22)24-21(4,5)6/h12-14,17H,7-11H2,1-6H3. The van der Waals surface area contributed by atoms with Crippen molar-refractivity contribution in [1.29, 1.82) is 0 Å². The Morgan fingerprint density at radius 3 is 2.46 bits per heavy atom. The van der Waals surface area contributed by atoms with E-state index >= 15 is 0 Å². The number of carbonyl (C=O) groups excluding carboxylic acids is 1. The van der Waals surface area contributed by atoms with Gasteiger partial charge < -0.3 is 9.47 Å². The first-order valence-corrected chi connectivity index (χ1v) is 9.15. The Bertz CT molecular complexity index is 560. The molecule has 0 aromatic rings. The van der Waals surface area contributed by atoms with E-state index in [1.54, 1.807) is 6.08 Å². The van der Waals surface area contributed by atoms with Gasteiger partial charge in [0.1, 0.15) is 17.1 Å². The van der Waals surface area contributed by atoms with Gasteiger partial charge in [-0.15, -0.1) is 0 Å². The average molecular weight is 332 g/mol. The molecule has 134 valence electrons. The van der Waals surface area contributed by atoms with Crippen molar-refractivity contribution in [2.45, 2.75) is 79.2 Å². The second-order valence-corrected chi connectivity index (χ2v) is 8.32. The zero-order valence-corrected chi connectivity index (χ0v) is 16.1. The highest BCUT2D eigenvalue weighted by molar-refractivity contribution is 5.83. The lowest BCUT2D eigenvalue weighted by molar-refractivity contribution is -0.148. The van der Waals surface area contributed by atoms with Gasteiger partial charge in [-0.25, -0.2) is 4.79 Å². The van der Waals surface area contributed by atoms with Crippen molar-refractivity contribution in [3.8, 4) is 0 Å². The molecule has 0 bridgehead atoms. The van der Waals surface area contributed by atoms with Crippen LogP contribution in [0.3, 0.4) is 0 Å². The van der Waals surface area contributed by atoms with Crippen LogP contribution in [0.25, 0.3) is 0 Å². The predicted molar refractivity (Wildman–Crippen MR) is 97.2 cm³/mol. The van der Waals surface area contributed by atoms with Gasteiger partial charge in [-0.05, 0) is 71.4 Å². The fourth-order valence-corrected chi connectivity index (χ4v) is 3.39. The zero-order valence-electron chi connectivity index (χ0n) is 16.1. The van der Waals surface area contributed by atoms with Crippen LogP contribution in [0.15, 0.2) is 34.8 Å². The van der Waals surface area contributed by atoms with Crippen molar-refractivity contribution in [3.05, 3.63) is 34.8 Å². The molecule has 3 nitrogen and oxygen atoms in total. The Hall–Kier alpha value is -1.51. The maximum Gasteiger partial charge on any atom is 0.331 e. The molecule has 1 saturated carbocycles. The molecule has 2 rings (SSSR count). The minimum absolute atomic E-state index is 0.218. The molecule has 1 heterocycles. The minimum atomic E-state index is -0.427. The van der Waals surface area contributed by atoms with E-state index < -0.39 is 5.60 Å². The molecule has 0 radical (unpaired) electrons. The molecule has 1 aliphatic carbocycles. The predicted octanol–water partition coefficient (Wildman–Crippen LogP) is 5.68. The Morgan fingerprint density at radius 2 is 1.92 bits per heavy atom. The van der Waals surface area contributed by atoms with E-state index in [-0.39, 0.29) is 5.97 Å². The summed E-state index contributed by atoms with van der Waals surface area (Å²) < 4.78 is 11.6. The molecule has 3 heteroatoms. The summed E-state index contributed by atoms with van der Waals surface area (Å²) in [5, 5.41) is 0. The molecule has 0 unspecified atom stereocenters. The lowest BCUT2D eigenvalue weighted by atomic mass is 9.83. The van der Waals surface area contributed by atoms with Crippen molar-refractivity contribution < 1.29 is 14.3 Å². The first-order chi connectivity index (χ1) is 11.2. The summed E-state index contributed by atoms with van der Waals surface area (Å²) in [5.74, 6) is 2.97. The number of ether oxygens (including phenoxy) is 2. The SMILES string of the molecule is CC1=C(C(C)C)OC(C2CCC(=CC(=O)OC(C)(C)C)CC2)=CC1. The van der Waals surface area contributed by atoms with E-state index in [9.17, 15) is 4.79 Å². The van der Waals surface area contributed by atoms with E-state index in [4.69, 9.17) is 9.47 Å². The molecule has 24 heavy (non-hydrogen) atoms. The molecule has 0 N–H and O–H groups in total. The van der Waals surface area contributed by atoms with Crippen molar-refractivity contribution in [2.75, 3.05) is 0 Å². The molecule has 0 saturated heterocycles. The fraction of sp³-hybridized carbons (Fsp3) is 0.667. The topological polar surface area (TPSA) is 35.5 Å². The second kappa shape index (κ2) is 7.58. The Morgan fingerprint density at radius 1 is 1.29 bits per heavy atom. The largest absolute Gasteiger partial charge is 0.466 e. The van der Waals surface area contributed by atoms with Crippen LogP contribution >= 0.6 is 0 Å². The molecule has 2 aliphatic rings. The van der Waals surface area contributed by atoms with Crippen LogP contribution in [0.2, 0.25) is 0 Å². The quantitative estimate of drug-likeness (QED) is 0.493. The average Bonchev–Trinajstić information content (AvgIpc) is 2.46. The number of rotatable bonds is 3. The summed E-state index contributed by atoms with van der Waals surface area (Å²) in [7, 11) is 0. The lowest BCUT2D eigenvalue weighted by Crippen LogP contribution is -2.23. The number of esters is 1. The molecule has 0 aromatic heterocycles. The summed E-state index contributed by atoms with van der Waals surface area (Å²) in [6.45, 7) is 12.2. The third-order valence-corrected chi connectivity index (χ3v) is 4.54. The van der Waals surface area contributed by atoms with E-state index in [1.807, 2.05) is 20.8 Å². The maximum absolute atomic E-state index is 11.9. The van der Waals surface area contributed by atoms with Gasteiger partial charge in [0, 0.05) is 17.9 Å². The lowest BCUT2D eigenvalue weighted by Gasteiger charge is -2.30. The Kier molecular flexibility index (Phi) is 5.95. The van der Waals surface area contributed by atoms with Crippen molar-refractivity contribution >= 4 is 5.97 Å². The summed E-state index contributed by atoms with van der Waals surface area (Å²) in [4.78, 5) is 11.9. The zero-order chi connectivity index (χ0) is 17.9. The molecule has 1 fully saturated rings. The summed E-state index contributed by atoms with van der Waals surface area (Å²) >= 11 is 0. The van der Waals surface area contributed by atoms with Crippen molar-refractivity contribution in [3.63, 3.8) is 0 Å². The minimum Gasteiger partial charge on any atom is -0.466 e. The van der Waals surface area contributed by atoms with E-state index in [0.717, 1.165) is 43.6 Å². The van der Waals surface area contributed by atoms with E-state index in [1.165, 1.54) is 11.1 Å². The summed E-state index contributed by atoms with van der Waals surface area (Å²) in [5.41, 5.74) is 2.12. The second-order valence-electron chi connectivity index (χ2n) is 8.32. The third kappa shape index (κ3) is 5.25.